The minimum Gasteiger partial charge on any atom is -0.484 e. The van der Waals surface area contributed by atoms with Gasteiger partial charge in [0.2, 0.25) is 5.91 Å². The van der Waals surface area contributed by atoms with Crippen molar-refractivity contribution in [3.63, 3.8) is 0 Å². The molecule has 1 unspecified atom stereocenters. The highest BCUT2D eigenvalue weighted by molar-refractivity contribution is 14.1. The first-order valence-corrected chi connectivity index (χ1v) is 11.6. The van der Waals surface area contributed by atoms with Crippen LogP contribution in [0.3, 0.4) is 0 Å². The van der Waals surface area contributed by atoms with Crippen LogP contribution in [0.2, 0.25) is 5.02 Å². The van der Waals surface area contributed by atoms with E-state index < -0.39 is 6.04 Å². The lowest BCUT2D eigenvalue weighted by atomic mass is 10.0. The van der Waals surface area contributed by atoms with Crippen molar-refractivity contribution in [1.82, 2.24) is 10.2 Å². The molecule has 0 heterocycles. The highest BCUT2D eigenvalue weighted by Gasteiger charge is 2.30. The third-order valence-corrected chi connectivity index (χ3v) is 5.93. The molecule has 5 nitrogen and oxygen atoms in total. The summed E-state index contributed by atoms with van der Waals surface area (Å²) in [4.78, 5) is 27.7. The molecule has 32 heavy (non-hydrogen) atoms. The Kier molecular flexibility index (Phi) is 8.93. The van der Waals surface area contributed by atoms with Gasteiger partial charge < -0.3 is 15.0 Å². The minimum absolute atomic E-state index is 0.170. The van der Waals surface area contributed by atoms with Crippen LogP contribution in [0.4, 0.5) is 0 Å². The maximum atomic E-state index is 13.3. The number of rotatable bonds is 9. The van der Waals surface area contributed by atoms with Crippen LogP contribution in [0.5, 0.6) is 5.75 Å². The second-order valence-electron chi connectivity index (χ2n) is 7.21. The SMILES string of the molecule is CNC(=O)C(Cc1ccccc1)N(Cc1ccc(Cl)cc1)C(=O)COc1ccc(I)cc1. The molecule has 2 amide bonds. The molecule has 1 N–H and O–H groups in total. The zero-order valence-electron chi connectivity index (χ0n) is 17.6. The number of carbonyl (C=O) groups is 2. The van der Waals surface area contributed by atoms with Gasteiger partial charge in [0, 0.05) is 28.6 Å². The predicted octanol–water partition coefficient (Wildman–Crippen LogP) is 4.71. The zero-order chi connectivity index (χ0) is 22.9. The van der Waals surface area contributed by atoms with Gasteiger partial charge >= 0.3 is 0 Å². The molecular weight excluding hydrogens is 539 g/mol. The van der Waals surface area contributed by atoms with Crippen LogP contribution < -0.4 is 10.1 Å². The third kappa shape index (κ3) is 6.97. The molecule has 0 aromatic heterocycles. The average Bonchev–Trinajstić information content (AvgIpc) is 2.82. The number of nitrogens with zero attached hydrogens (tertiary/aromatic N) is 1. The molecule has 0 bridgehead atoms. The van der Waals surface area contributed by atoms with Crippen molar-refractivity contribution in [2.75, 3.05) is 13.7 Å². The summed E-state index contributed by atoms with van der Waals surface area (Å²) in [7, 11) is 1.58. The summed E-state index contributed by atoms with van der Waals surface area (Å²) >= 11 is 8.23. The Balaban J connectivity index is 1.85. The summed E-state index contributed by atoms with van der Waals surface area (Å²) in [5, 5.41) is 3.31. The van der Waals surface area contributed by atoms with Crippen molar-refractivity contribution in [2.24, 2.45) is 0 Å². The van der Waals surface area contributed by atoms with Crippen LogP contribution in [-0.4, -0.2) is 36.4 Å². The second kappa shape index (κ2) is 11.9. The predicted molar refractivity (Wildman–Crippen MR) is 135 cm³/mol. The molecule has 3 aromatic carbocycles. The van der Waals surface area contributed by atoms with E-state index in [9.17, 15) is 9.59 Å². The van der Waals surface area contributed by atoms with Crippen LogP contribution in [0.25, 0.3) is 0 Å². The van der Waals surface area contributed by atoms with Crippen LogP contribution in [0.1, 0.15) is 11.1 Å². The molecule has 0 spiro atoms. The standard InChI is InChI=1S/C25H24ClIN2O3/c1-28-25(31)23(15-18-5-3-2-4-6-18)29(16-19-7-9-20(26)10-8-19)24(30)17-32-22-13-11-21(27)12-14-22/h2-14,23H,15-17H2,1H3,(H,28,31). The first kappa shape index (κ1) is 24.1. The lowest BCUT2D eigenvalue weighted by Crippen LogP contribution is -2.51. The third-order valence-electron chi connectivity index (χ3n) is 4.96. The Hall–Kier alpha value is -2.58. The van der Waals surface area contributed by atoms with Gasteiger partial charge in [0.15, 0.2) is 6.61 Å². The Morgan fingerprint density at radius 1 is 0.969 bits per heavy atom. The first-order chi connectivity index (χ1) is 15.5. The summed E-state index contributed by atoms with van der Waals surface area (Å²) in [5.74, 6) is 0.0956. The van der Waals surface area contributed by atoms with Crippen LogP contribution in [0.15, 0.2) is 78.9 Å². The fraction of sp³-hybridized carbons (Fsp3) is 0.200. The van der Waals surface area contributed by atoms with E-state index in [-0.39, 0.29) is 25.0 Å². The number of hydrogen-bond donors (Lipinski definition) is 1. The van der Waals surface area contributed by atoms with E-state index in [1.807, 2.05) is 66.7 Å². The maximum absolute atomic E-state index is 13.3. The molecule has 166 valence electrons. The molecule has 0 fully saturated rings. The molecule has 0 aliphatic rings. The van der Waals surface area contributed by atoms with Gasteiger partial charge in [-0.15, -0.1) is 0 Å². The topological polar surface area (TPSA) is 58.6 Å². The molecule has 3 aromatic rings. The van der Waals surface area contributed by atoms with Gasteiger partial charge in [-0.05, 0) is 70.1 Å². The Bertz CT molecular complexity index is 1030. The van der Waals surface area contributed by atoms with Crippen molar-refractivity contribution in [1.29, 1.82) is 0 Å². The Morgan fingerprint density at radius 2 is 1.62 bits per heavy atom. The summed E-state index contributed by atoms with van der Waals surface area (Å²) in [6.07, 6.45) is 0.392. The molecule has 0 radical (unpaired) electrons. The van der Waals surface area contributed by atoms with Crippen LogP contribution in [0, 0.1) is 3.57 Å². The van der Waals surface area contributed by atoms with Gasteiger partial charge in [-0.3, -0.25) is 9.59 Å². The fourth-order valence-electron chi connectivity index (χ4n) is 3.27. The molecule has 1 atom stereocenters. The Morgan fingerprint density at radius 3 is 2.25 bits per heavy atom. The molecule has 0 saturated heterocycles. The van der Waals surface area contributed by atoms with Crippen molar-refractivity contribution in [3.05, 3.63) is 98.6 Å². The lowest BCUT2D eigenvalue weighted by Gasteiger charge is -2.31. The highest BCUT2D eigenvalue weighted by Crippen LogP contribution is 2.18. The monoisotopic (exact) mass is 562 g/mol. The maximum Gasteiger partial charge on any atom is 0.261 e. The van der Waals surface area contributed by atoms with Crippen molar-refractivity contribution in [3.8, 4) is 5.75 Å². The number of amides is 2. The normalized spacial score (nSPS) is 11.5. The number of benzene rings is 3. The van der Waals surface area contributed by atoms with Gasteiger partial charge in [0.25, 0.3) is 5.91 Å². The van der Waals surface area contributed by atoms with E-state index in [4.69, 9.17) is 16.3 Å². The van der Waals surface area contributed by atoms with Crippen molar-refractivity contribution >= 4 is 46.0 Å². The molecule has 0 aliphatic heterocycles. The van der Waals surface area contributed by atoms with E-state index in [2.05, 4.69) is 27.9 Å². The van der Waals surface area contributed by atoms with Crippen LogP contribution >= 0.6 is 34.2 Å². The second-order valence-corrected chi connectivity index (χ2v) is 8.89. The number of halogens is 2. The van der Waals surface area contributed by atoms with E-state index in [1.165, 1.54) is 0 Å². The van der Waals surface area contributed by atoms with Crippen LogP contribution in [-0.2, 0) is 22.6 Å². The number of hydrogen-bond acceptors (Lipinski definition) is 3. The summed E-state index contributed by atoms with van der Waals surface area (Å²) < 4.78 is 6.80. The smallest absolute Gasteiger partial charge is 0.261 e. The summed E-state index contributed by atoms with van der Waals surface area (Å²) in [5.41, 5.74) is 1.84. The molecule has 7 heteroatoms. The van der Waals surface area contributed by atoms with Crippen molar-refractivity contribution < 1.29 is 14.3 Å². The van der Waals surface area contributed by atoms with Gasteiger partial charge in [0.1, 0.15) is 11.8 Å². The Labute approximate surface area is 206 Å². The van der Waals surface area contributed by atoms with E-state index in [0.717, 1.165) is 14.7 Å². The van der Waals surface area contributed by atoms with Gasteiger partial charge in [-0.25, -0.2) is 0 Å². The number of nitrogens with one attached hydrogen (secondary N) is 1. The first-order valence-electron chi connectivity index (χ1n) is 10.1. The largest absolute Gasteiger partial charge is 0.484 e. The zero-order valence-corrected chi connectivity index (χ0v) is 20.5. The minimum atomic E-state index is -0.689. The number of carbonyl (C=O) groups excluding carboxylic acids is 2. The number of likely N-dealkylation sites (N-methyl/N-ethyl adjacent to an activating group) is 1. The number of ether oxygens (including phenoxy) is 1. The molecule has 3 rings (SSSR count). The molecule has 0 aliphatic carbocycles. The quantitative estimate of drug-likeness (QED) is 0.385. The fourth-order valence-corrected chi connectivity index (χ4v) is 3.75. The summed E-state index contributed by atoms with van der Waals surface area (Å²) in [6.45, 7) is 0.0907. The lowest BCUT2D eigenvalue weighted by molar-refractivity contribution is -0.142. The summed E-state index contributed by atoms with van der Waals surface area (Å²) in [6, 6.07) is 23.7. The highest BCUT2D eigenvalue weighted by atomic mass is 127. The van der Waals surface area contributed by atoms with E-state index in [0.29, 0.717) is 17.2 Å². The molecular formula is C25H24ClIN2O3. The van der Waals surface area contributed by atoms with Gasteiger partial charge in [-0.1, -0.05) is 54.1 Å². The van der Waals surface area contributed by atoms with Gasteiger partial charge in [0.05, 0.1) is 0 Å². The average molecular weight is 563 g/mol. The van der Waals surface area contributed by atoms with E-state index in [1.54, 1.807) is 24.1 Å². The molecule has 0 saturated carbocycles. The van der Waals surface area contributed by atoms with Gasteiger partial charge in [-0.2, -0.15) is 0 Å². The van der Waals surface area contributed by atoms with Crippen molar-refractivity contribution in [2.45, 2.75) is 19.0 Å². The van der Waals surface area contributed by atoms with E-state index >= 15 is 0 Å².